The topological polar surface area (TPSA) is 89.7 Å². The molecule has 0 heterocycles. The lowest BCUT2D eigenvalue weighted by Gasteiger charge is -2.06. The number of hydrogen-bond donors (Lipinski definition) is 1. The maximum absolute atomic E-state index is 11.9. The van der Waals surface area contributed by atoms with Gasteiger partial charge in [-0.3, -0.25) is 10.1 Å². The second-order valence-electron chi connectivity index (χ2n) is 4.16. The number of phenolic OH excluding ortho intramolecular Hbond substituents is 1. The van der Waals surface area contributed by atoms with Gasteiger partial charge in [0, 0.05) is 9.64 Å². The maximum atomic E-state index is 11.9. The van der Waals surface area contributed by atoms with Crippen molar-refractivity contribution in [3.8, 4) is 5.75 Å². The highest BCUT2D eigenvalue weighted by Gasteiger charge is 2.15. The minimum absolute atomic E-state index is 0.0421. The van der Waals surface area contributed by atoms with Gasteiger partial charge in [-0.2, -0.15) is 0 Å². The number of nitro benzene ring substituents is 1. The summed E-state index contributed by atoms with van der Waals surface area (Å²) in [6, 6.07) is 10.4. The number of rotatable bonds is 4. The third-order valence-electron chi connectivity index (χ3n) is 2.67. The number of carbonyl (C=O) groups excluding carboxylic acids is 1. The van der Waals surface area contributed by atoms with Crippen LogP contribution in [-0.4, -0.2) is 16.0 Å². The van der Waals surface area contributed by atoms with Crippen LogP contribution in [0.4, 0.5) is 5.69 Å². The van der Waals surface area contributed by atoms with Crippen molar-refractivity contribution in [1.82, 2.24) is 0 Å². The lowest BCUT2D eigenvalue weighted by Crippen LogP contribution is -2.06. The van der Waals surface area contributed by atoms with Crippen molar-refractivity contribution in [2.24, 2.45) is 0 Å². The molecule has 0 atom stereocenters. The summed E-state index contributed by atoms with van der Waals surface area (Å²) in [5, 5.41) is 20.3. The van der Waals surface area contributed by atoms with E-state index in [1.807, 2.05) is 22.6 Å². The Kier molecular flexibility index (Phi) is 4.73. The maximum Gasteiger partial charge on any atom is 0.338 e. The van der Waals surface area contributed by atoms with Crippen molar-refractivity contribution < 1.29 is 19.6 Å². The molecule has 0 aliphatic heterocycles. The lowest BCUT2D eigenvalue weighted by molar-refractivity contribution is -0.385. The van der Waals surface area contributed by atoms with Gasteiger partial charge in [-0.15, -0.1) is 0 Å². The van der Waals surface area contributed by atoms with Gasteiger partial charge in [0.15, 0.2) is 0 Å². The number of carbonyl (C=O) groups is 1. The number of phenols is 1. The van der Waals surface area contributed by atoms with Crippen molar-refractivity contribution in [3.63, 3.8) is 0 Å². The predicted octanol–water partition coefficient (Wildman–Crippen LogP) is 3.26. The monoisotopic (exact) mass is 399 g/mol. The molecule has 0 fully saturated rings. The second-order valence-corrected chi connectivity index (χ2v) is 5.41. The van der Waals surface area contributed by atoms with Crippen molar-refractivity contribution >= 4 is 34.2 Å². The number of halogens is 1. The van der Waals surface area contributed by atoms with E-state index in [4.69, 9.17) is 4.74 Å². The number of aromatic hydroxyl groups is 1. The number of esters is 1. The summed E-state index contributed by atoms with van der Waals surface area (Å²) < 4.78 is 5.74. The molecule has 0 aromatic heterocycles. The number of ether oxygens (including phenoxy) is 1. The second kappa shape index (κ2) is 6.53. The van der Waals surface area contributed by atoms with E-state index in [1.54, 1.807) is 18.2 Å². The van der Waals surface area contributed by atoms with Crippen LogP contribution < -0.4 is 0 Å². The van der Waals surface area contributed by atoms with Gasteiger partial charge in [0.2, 0.25) is 0 Å². The Balaban J connectivity index is 2.13. The van der Waals surface area contributed by atoms with Crippen molar-refractivity contribution in [2.75, 3.05) is 0 Å². The smallest absolute Gasteiger partial charge is 0.338 e. The van der Waals surface area contributed by atoms with Crippen LogP contribution in [0.3, 0.4) is 0 Å². The summed E-state index contributed by atoms with van der Waals surface area (Å²) in [4.78, 5) is 22.2. The van der Waals surface area contributed by atoms with Crippen LogP contribution in [0.5, 0.6) is 5.75 Å². The predicted molar refractivity (Wildman–Crippen MR) is 83.0 cm³/mol. The van der Waals surface area contributed by atoms with Crippen molar-refractivity contribution in [2.45, 2.75) is 6.61 Å². The normalized spacial score (nSPS) is 10.1. The minimum Gasteiger partial charge on any atom is -0.508 e. The van der Waals surface area contributed by atoms with Gasteiger partial charge < -0.3 is 9.84 Å². The molecule has 0 aliphatic rings. The molecule has 21 heavy (non-hydrogen) atoms. The first-order chi connectivity index (χ1) is 9.97. The Bertz CT molecular complexity index is 681. The van der Waals surface area contributed by atoms with Gasteiger partial charge in [-0.25, -0.2) is 4.79 Å². The third-order valence-corrected chi connectivity index (χ3v) is 3.29. The number of nitrogens with zero attached hydrogens (tertiary/aromatic N) is 1. The van der Waals surface area contributed by atoms with Gasteiger partial charge in [0.1, 0.15) is 12.4 Å². The van der Waals surface area contributed by atoms with Crippen LogP contribution in [0, 0.1) is 13.7 Å². The summed E-state index contributed by atoms with van der Waals surface area (Å²) in [6.07, 6.45) is 0. The molecule has 0 unspecified atom stereocenters. The molecular formula is C14H10INO5. The van der Waals surface area contributed by atoms with E-state index in [-0.39, 0.29) is 23.6 Å². The number of para-hydroxylation sites is 1. The van der Waals surface area contributed by atoms with E-state index in [1.165, 1.54) is 24.3 Å². The van der Waals surface area contributed by atoms with Crippen LogP contribution in [0.15, 0.2) is 42.5 Å². The Hall–Kier alpha value is -2.16. The molecule has 2 rings (SSSR count). The number of hydrogen-bond acceptors (Lipinski definition) is 5. The highest BCUT2D eigenvalue weighted by Crippen LogP contribution is 2.21. The Morgan fingerprint density at radius 2 is 2.00 bits per heavy atom. The largest absolute Gasteiger partial charge is 0.508 e. The fourth-order valence-corrected chi connectivity index (χ4v) is 2.38. The molecule has 2 aromatic carbocycles. The average Bonchev–Trinajstić information content (AvgIpc) is 2.43. The molecule has 7 heteroatoms. The van der Waals surface area contributed by atoms with E-state index >= 15 is 0 Å². The Morgan fingerprint density at radius 3 is 2.67 bits per heavy atom. The third kappa shape index (κ3) is 3.91. The average molecular weight is 399 g/mol. The first-order valence-corrected chi connectivity index (χ1v) is 6.94. The molecule has 0 radical (unpaired) electrons. The zero-order valence-electron chi connectivity index (χ0n) is 10.7. The summed E-state index contributed by atoms with van der Waals surface area (Å²) in [5.41, 5.74) is 0.402. The molecule has 0 aliphatic carbocycles. The van der Waals surface area contributed by atoms with Crippen molar-refractivity contribution in [1.29, 1.82) is 0 Å². The zero-order chi connectivity index (χ0) is 15.4. The molecule has 0 saturated carbocycles. The molecule has 0 saturated heterocycles. The molecule has 0 spiro atoms. The molecule has 0 bridgehead atoms. The van der Waals surface area contributed by atoms with E-state index in [9.17, 15) is 20.0 Å². The highest BCUT2D eigenvalue weighted by atomic mass is 127. The summed E-state index contributed by atoms with van der Waals surface area (Å²) in [7, 11) is 0. The lowest BCUT2D eigenvalue weighted by atomic mass is 10.2. The molecule has 0 amide bonds. The van der Waals surface area contributed by atoms with Crippen molar-refractivity contribution in [3.05, 3.63) is 67.3 Å². The minimum atomic E-state index is -0.651. The van der Waals surface area contributed by atoms with Gasteiger partial charge in [-0.05, 0) is 46.9 Å². The first kappa shape index (κ1) is 15.2. The fraction of sp³-hybridized carbons (Fsp3) is 0.0714. The van der Waals surface area contributed by atoms with Gasteiger partial charge in [-0.1, -0.05) is 12.1 Å². The van der Waals surface area contributed by atoms with E-state index in [2.05, 4.69) is 0 Å². The van der Waals surface area contributed by atoms with Crippen LogP contribution in [-0.2, 0) is 11.3 Å². The van der Waals surface area contributed by atoms with E-state index in [0.717, 1.165) is 0 Å². The fourth-order valence-electron chi connectivity index (χ4n) is 1.73. The van der Waals surface area contributed by atoms with Crippen LogP contribution in [0.1, 0.15) is 15.9 Å². The number of benzene rings is 2. The first-order valence-electron chi connectivity index (χ1n) is 5.86. The molecule has 1 N–H and O–H groups in total. The standard InChI is InChI=1S/C14H10INO5/c15-11-5-10(6-12(17)7-11)14(18)21-8-9-3-1-2-4-13(9)16(19)20/h1-7,17H,8H2. The zero-order valence-corrected chi connectivity index (χ0v) is 12.8. The number of nitro groups is 1. The van der Waals surface area contributed by atoms with Crippen LogP contribution in [0.25, 0.3) is 0 Å². The van der Waals surface area contributed by atoms with Crippen LogP contribution in [0.2, 0.25) is 0 Å². The SMILES string of the molecule is O=C(OCc1ccccc1[N+](=O)[O-])c1cc(O)cc(I)c1. The van der Waals surface area contributed by atoms with Gasteiger partial charge >= 0.3 is 5.97 Å². The summed E-state index contributed by atoms with van der Waals surface area (Å²) >= 11 is 1.96. The molecular weight excluding hydrogens is 389 g/mol. The summed E-state index contributed by atoms with van der Waals surface area (Å²) in [5.74, 6) is -0.693. The molecule has 6 nitrogen and oxygen atoms in total. The Morgan fingerprint density at radius 1 is 1.29 bits per heavy atom. The van der Waals surface area contributed by atoms with Gasteiger partial charge in [0.25, 0.3) is 5.69 Å². The van der Waals surface area contributed by atoms with E-state index < -0.39 is 10.9 Å². The van der Waals surface area contributed by atoms with E-state index in [0.29, 0.717) is 9.13 Å². The van der Waals surface area contributed by atoms with Crippen LogP contribution >= 0.6 is 22.6 Å². The quantitative estimate of drug-likeness (QED) is 0.369. The highest BCUT2D eigenvalue weighted by molar-refractivity contribution is 14.1. The molecule has 2 aromatic rings. The summed E-state index contributed by atoms with van der Waals surface area (Å²) in [6.45, 7) is -0.206. The van der Waals surface area contributed by atoms with Gasteiger partial charge in [0.05, 0.1) is 16.1 Å². The molecule has 108 valence electrons. The Labute approximate surface area is 133 Å².